The maximum absolute atomic E-state index is 6.38. The minimum Gasteiger partial charge on any atom is -0.376 e. The minimum absolute atomic E-state index is 0.0272. The van der Waals surface area contributed by atoms with Crippen molar-refractivity contribution in [2.45, 2.75) is 18.4 Å². The van der Waals surface area contributed by atoms with E-state index in [1.165, 1.54) is 4.88 Å². The normalized spacial score (nSPS) is 24.1. The average molecular weight is 312 g/mol. The van der Waals surface area contributed by atoms with Gasteiger partial charge in [0.25, 0.3) is 0 Å². The fraction of sp³-hybridized carbons (Fsp3) is 0.600. The lowest BCUT2D eigenvalue weighted by Crippen LogP contribution is -2.31. The molecule has 2 heterocycles. The average Bonchev–Trinajstić information content (AvgIpc) is 2.58. The highest BCUT2D eigenvalue weighted by Gasteiger charge is 2.26. The van der Waals surface area contributed by atoms with Gasteiger partial charge in [-0.25, -0.2) is 0 Å². The molecule has 2 nitrogen and oxygen atoms in total. The van der Waals surface area contributed by atoms with Crippen LogP contribution in [0.2, 0.25) is 0 Å². The van der Waals surface area contributed by atoms with Crippen molar-refractivity contribution in [2.24, 2.45) is 0 Å². The predicted molar refractivity (Wildman–Crippen MR) is 65.9 cm³/mol. The van der Waals surface area contributed by atoms with Crippen molar-refractivity contribution in [3.8, 4) is 0 Å². The smallest absolute Gasteiger partial charge is 0.101 e. The van der Waals surface area contributed by atoms with E-state index in [1.807, 2.05) is 0 Å². The number of hydrogen-bond donors (Lipinski definition) is 0. The zero-order chi connectivity index (χ0) is 10.8. The van der Waals surface area contributed by atoms with Gasteiger partial charge in [-0.1, -0.05) is 0 Å². The molecule has 2 rings (SSSR count). The molecule has 1 aliphatic rings. The molecule has 2 atom stereocenters. The summed E-state index contributed by atoms with van der Waals surface area (Å²) in [4.78, 5) is 1.23. The van der Waals surface area contributed by atoms with Crippen molar-refractivity contribution in [3.05, 3.63) is 20.3 Å². The van der Waals surface area contributed by atoms with Gasteiger partial charge in [-0.3, -0.25) is 0 Å². The quantitative estimate of drug-likeness (QED) is 0.778. The molecule has 0 spiro atoms. The van der Waals surface area contributed by atoms with Gasteiger partial charge in [-0.05, 0) is 34.5 Å². The first-order chi connectivity index (χ1) is 7.18. The van der Waals surface area contributed by atoms with Crippen molar-refractivity contribution in [1.82, 2.24) is 0 Å². The molecule has 1 aromatic rings. The number of thiophene rings is 1. The van der Waals surface area contributed by atoms with E-state index in [2.05, 4.69) is 28.9 Å². The summed E-state index contributed by atoms with van der Waals surface area (Å²) in [5.41, 5.74) is 1.14. The Balaban J connectivity index is 2.12. The van der Waals surface area contributed by atoms with E-state index in [0.717, 1.165) is 9.35 Å². The van der Waals surface area contributed by atoms with Crippen LogP contribution in [0.1, 0.15) is 15.8 Å². The van der Waals surface area contributed by atoms with E-state index in [1.54, 1.807) is 11.3 Å². The Labute approximate surface area is 107 Å². The Bertz CT molecular complexity index is 336. The Morgan fingerprint density at radius 3 is 2.93 bits per heavy atom. The third kappa shape index (κ3) is 2.74. The molecule has 0 aliphatic carbocycles. The Hall–Kier alpha value is 0.390. The molecule has 1 aliphatic heterocycles. The molecule has 5 heteroatoms. The minimum atomic E-state index is -0.118. The molecular weight excluding hydrogens is 300 g/mol. The first-order valence-electron chi connectivity index (χ1n) is 4.77. The summed E-state index contributed by atoms with van der Waals surface area (Å²) in [7, 11) is 0. The van der Waals surface area contributed by atoms with Crippen LogP contribution in [0.3, 0.4) is 0 Å². The summed E-state index contributed by atoms with van der Waals surface area (Å²) in [6.07, 6.45) is -0.0272. The summed E-state index contributed by atoms with van der Waals surface area (Å²) in [5, 5.41) is -0.118. The van der Waals surface area contributed by atoms with Crippen LogP contribution in [0.5, 0.6) is 0 Å². The van der Waals surface area contributed by atoms with Crippen LogP contribution in [0, 0.1) is 6.92 Å². The second kappa shape index (κ2) is 5.15. The lowest BCUT2D eigenvalue weighted by atomic mass is 10.1. The number of halogens is 2. The predicted octanol–water partition coefficient (Wildman–Crippen LogP) is 3.51. The third-order valence-corrected chi connectivity index (χ3v) is 4.48. The molecule has 0 amide bonds. The zero-order valence-electron chi connectivity index (χ0n) is 8.33. The number of rotatable bonds is 2. The molecule has 0 saturated carbocycles. The van der Waals surface area contributed by atoms with Gasteiger partial charge in [0.15, 0.2) is 0 Å². The van der Waals surface area contributed by atoms with Crippen molar-refractivity contribution < 1.29 is 9.47 Å². The van der Waals surface area contributed by atoms with E-state index >= 15 is 0 Å². The fourth-order valence-electron chi connectivity index (χ4n) is 1.61. The maximum atomic E-state index is 6.38. The second-order valence-electron chi connectivity index (χ2n) is 3.45. The summed E-state index contributed by atoms with van der Waals surface area (Å²) < 4.78 is 12.1. The van der Waals surface area contributed by atoms with Crippen LogP contribution < -0.4 is 0 Å². The van der Waals surface area contributed by atoms with E-state index in [4.69, 9.17) is 21.1 Å². The van der Waals surface area contributed by atoms with Gasteiger partial charge in [-0.2, -0.15) is 0 Å². The summed E-state index contributed by atoms with van der Waals surface area (Å²) >= 11 is 11.5. The first-order valence-corrected chi connectivity index (χ1v) is 6.82. The topological polar surface area (TPSA) is 18.5 Å². The van der Waals surface area contributed by atoms with Crippen molar-refractivity contribution in [2.75, 3.05) is 19.8 Å². The van der Waals surface area contributed by atoms with Crippen LogP contribution in [-0.2, 0) is 9.47 Å². The highest BCUT2D eigenvalue weighted by atomic mass is 79.9. The van der Waals surface area contributed by atoms with E-state index in [0.29, 0.717) is 19.8 Å². The summed E-state index contributed by atoms with van der Waals surface area (Å²) in [6, 6.07) is 2.07. The molecule has 1 fully saturated rings. The lowest BCUT2D eigenvalue weighted by molar-refractivity contribution is -0.0892. The van der Waals surface area contributed by atoms with Gasteiger partial charge < -0.3 is 9.47 Å². The molecule has 0 radical (unpaired) electrons. The van der Waals surface area contributed by atoms with Crippen LogP contribution in [0.4, 0.5) is 0 Å². The SMILES string of the molecule is Cc1sc(Br)cc1C(Cl)C1COCCO1. The van der Waals surface area contributed by atoms with Gasteiger partial charge in [-0.15, -0.1) is 22.9 Å². The molecular formula is C10H12BrClO2S. The van der Waals surface area contributed by atoms with E-state index in [9.17, 15) is 0 Å². The van der Waals surface area contributed by atoms with Gasteiger partial charge in [0.1, 0.15) is 6.10 Å². The molecule has 1 aromatic heterocycles. The van der Waals surface area contributed by atoms with E-state index in [-0.39, 0.29) is 11.5 Å². The number of alkyl halides is 1. The standard InChI is InChI=1S/C10H12BrClO2S/c1-6-7(4-9(11)15-6)10(12)8-5-13-2-3-14-8/h4,8,10H,2-3,5H2,1H3. The monoisotopic (exact) mass is 310 g/mol. The molecule has 1 saturated heterocycles. The number of hydrogen-bond acceptors (Lipinski definition) is 3. The largest absolute Gasteiger partial charge is 0.376 e. The second-order valence-corrected chi connectivity index (χ2v) is 6.55. The zero-order valence-corrected chi connectivity index (χ0v) is 11.5. The summed E-state index contributed by atoms with van der Waals surface area (Å²) in [6.45, 7) is 3.97. The van der Waals surface area contributed by atoms with Gasteiger partial charge in [0.2, 0.25) is 0 Å². The van der Waals surface area contributed by atoms with Gasteiger partial charge in [0.05, 0.1) is 29.0 Å². The Kier molecular flexibility index (Phi) is 4.07. The highest BCUT2D eigenvalue weighted by Crippen LogP contribution is 2.36. The first kappa shape index (κ1) is 11.9. The van der Waals surface area contributed by atoms with Crippen molar-refractivity contribution in [1.29, 1.82) is 0 Å². The molecule has 0 bridgehead atoms. The fourth-order valence-corrected chi connectivity index (χ4v) is 3.80. The molecule has 2 unspecified atom stereocenters. The molecule has 0 N–H and O–H groups in total. The van der Waals surface area contributed by atoms with Crippen LogP contribution in [-0.4, -0.2) is 25.9 Å². The molecule has 0 aromatic carbocycles. The maximum Gasteiger partial charge on any atom is 0.101 e. The molecule has 84 valence electrons. The van der Waals surface area contributed by atoms with Crippen LogP contribution >= 0.6 is 38.9 Å². The van der Waals surface area contributed by atoms with Crippen LogP contribution in [0.15, 0.2) is 9.85 Å². The number of ether oxygens (including phenoxy) is 2. The third-order valence-electron chi connectivity index (χ3n) is 2.39. The summed E-state index contributed by atoms with van der Waals surface area (Å²) in [5.74, 6) is 0. The van der Waals surface area contributed by atoms with Crippen molar-refractivity contribution >= 4 is 38.9 Å². The van der Waals surface area contributed by atoms with Crippen LogP contribution in [0.25, 0.3) is 0 Å². The Morgan fingerprint density at radius 2 is 2.40 bits per heavy atom. The Morgan fingerprint density at radius 1 is 1.60 bits per heavy atom. The van der Waals surface area contributed by atoms with Gasteiger partial charge >= 0.3 is 0 Å². The molecule has 15 heavy (non-hydrogen) atoms. The van der Waals surface area contributed by atoms with E-state index < -0.39 is 0 Å². The lowest BCUT2D eigenvalue weighted by Gasteiger charge is -2.26. The van der Waals surface area contributed by atoms with Gasteiger partial charge in [0, 0.05) is 4.88 Å². The van der Waals surface area contributed by atoms with Crippen molar-refractivity contribution in [3.63, 3.8) is 0 Å². The number of aryl methyl sites for hydroxylation is 1. The highest BCUT2D eigenvalue weighted by molar-refractivity contribution is 9.11.